The van der Waals surface area contributed by atoms with Crippen LogP contribution in [-0.2, 0) is 9.53 Å². The van der Waals surface area contributed by atoms with Crippen molar-refractivity contribution < 1.29 is 9.53 Å². The fraction of sp³-hybridized carbons (Fsp3) is 0.462. The molecule has 1 atom stereocenters. The third kappa shape index (κ3) is 4.11. The van der Waals surface area contributed by atoms with Gasteiger partial charge in [0.2, 0.25) is 0 Å². The predicted octanol–water partition coefficient (Wildman–Crippen LogP) is 2.38. The largest absolute Gasteiger partial charge is 0.466 e. The summed E-state index contributed by atoms with van der Waals surface area (Å²) in [4.78, 5) is 17.4. The molecule has 1 aromatic heterocycles. The van der Waals surface area contributed by atoms with E-state index in [4.69, 9.17) is 21.6 Å². The quantitative estimate of drug-likeness (QED) is 0.775. The Labute approximate surface area is 117 Å². The van der Waals surface area contributed by atoms with Gasteiger partial charge in [-0.3, -0.25) is 4.79 Å². The lowest BCUT2D eigenvalue weighted by Gasteiger charge is -2.26. The second kappa shape index (κ2) is 6.95. The highest BCUT2D eigenvalue weighted by Crippen LogP contribution is 2.25. The Balaban J connectivity index is 2.79. The predicted molar refractivity (Wildman–Crippen MR) is 73.1 cm³/mol. The van der Waals surface area contributed by atoms with Crippen molar-refractivity contribution in [3.63, 3.8) is 0 Å². The Bertz CT molecular complexity index is 499. The molecular formula is C13H16ClN3O2. The molecule has 0 saturated carbocycles. The number of aromatic nitrogens is 1. The van der Waals surface area contributed by atoms with Crippen molar-refractivity contribution in [2.75, 3.05) is 18.6 Å². The first-order valence-electron chi connectivity index (χ1n) is 5.93. The lowest BCUT2D eigenvalue weighted by Crippen LogP contribution is -2.32. The SMILES string of the molecule is CCOC(=O)CC(C)N(C)c1ncc(C#N)cc1Cl. The zero-order valence-electron chi connectivity index (χ0n) is 11.2. The van der Waals surface area contributed by atoms with Crippen LogP contribution >= 0.6 is 11.6 Å². The Hall–Kier alpha value is -1.80. The van der Waals surface area contributed by atoms with Gasteiger partial charge < -0.3 is 9.64 Å². The molecule has 102 valence electrons. The van der Waals surface area contributed by atoms with Crippen LogP contribution in [0, 0.1) is 11.3 Å². The number of halogens is 1. The number of hydrogen-bond acceptors (Lipinski definition) is 5. The van der Waals surface area contributed by atoms with Crippen LogP contribution in [0.1, 0.15) is 25.8 Å². The van der Waals surface area contributed by atoms with Crippen LogP contribution in [-0.4, -0.2) is 30.6 Å². The standard InChI is InChI=1S/C13H16ClN3O2/c1-4-19-12(18)5-9(2)17(3)13-11(14)6-10(7-15)8-16-13/h6,8-9H,4-5H2,1-3H3. The maximum Gasteiger partial charge on any atom is 0.307 e. The molecule has 0 N–H and O–H groups in total. The van der Waals surface area contributed by atoms with Gasteiger partial charge in [0.05, 0.1) is 23.6 Å². The summed E-state index contributed by atoms with van der Waals surface area (Å²) in [6.45, 7) is 4.02. The zero-order valence-corrected chi connectivity index (χ0v) is 11.9. The third-order valence-electron chi connectivity index (χ3n) is 2.71. The van der Waals surface area contributed by atoms with Crippen molar-refractivity contribution in [1.82, 2.24) is 4.98 Å². The van der Waals surface area contributed by atoms with Crippen molar-refractivity contribution >= 4 is 23.4 Å². The molecular weight excluding hydrogens is 266 g/mol. The summed E-state index contributed by atoms with van der Waals surface area (Å²) in [6.07, 6.45) is 1.71. The summed E-state index contributed by atoms with van der Waals surface area (Å²) < 4.78 is 4.90. The van der Waals surface area contributed by atoms with Crippen LogP contribution in [0.5, 0.6) is 0 Å². The van der Waals surface area contributed by atoms with Crippen LogP contribution < -0.4 is 4.90 Å². The number of nitrogens with zero attached hydrogens (tertiary/aromatic N) is 3. The first-order valence-corrected chi connectivity index (χ1v) is 6.31. The van der Waals surface area contributed by atoms with Crippen molar-refractivity contribution in [2.45, 2.75) is 26.3 Å². The average molecular weight is 282 g/mol. The number of carbonyl (C=O) groups excluding carboxylic acids is 1. The molecule has 0 radical (unpaired) electrons. The molecule has 19 heavy (non-hydrogen) atoms. The summed E-state index contributed by atoms with van der Waals surface area (Å²) in [7, 11) is 1.80. The van der Waals surface area contributed by atoms with E-state index in [2.05, 4.69) is 4.98 Å². The minimum Gasteiger partial charge on any atom is -0.466 e. The number of carbonyl (C=O) groups is 1. The summed E-state index contributed by atoms with van der Waals surface area (Å²) in [5.74, 6) is 0.282. The summed E-state index contributed by atoms with van der Waals surface area (Å²) in [5, 5.41) is 9.14. The van der Waals surface area contributed by atoms with E-state index in [1.165, 1.54) is 6.20 Å². The third-order valence-corrected chi connectivity index (χ3v) is 2.99. The van der Waals surface area contributed by atoms with Crippen molar-refractivity contribution in [3.8, 4) is 6.07 Å². The number of rotatable bonds is 5. The molecule has 0 aliphatic rings. The first kappa shape index (κ1) is 15.3. The van der Waals surface area contributed by atoms with Crippen LogP contribution in [0.2, 0.25) is 5.02 Å². The van der Waals surface area contributed by atoms with Crippen molar-refractivity contribution in [3.05, 3.63) is 22.8 Å². The Morgan fingerprint density at radius 2 is 2.37 bits per heavy atom. The van der Waals surface area contributed by atoms with Gasteiger partial charge in [0.1, 0.15) is 11.9 Å². The zero-order chi connectivity index (χ0) is 14.4. The molecule has 0 amide bonds. The minimum absolute atomic E-state index is 0.100. The van der Waals surface area contributed by atoms with Gasteiger partial charge in [-0.05, 0) is 19.9 Å². The van der Waals surface area contributed by atoms with Gasteiger partial charge in [-0.15, -0.1) is 0 Å². The topological polar surface area (TPSA) is 66.2 Å². The fourth-order valence-electron chi connectivity index (χ4n) is 1.56. The van der Waals surface area contributed by atoms with E-state index in [0.717, 1.165) is 0 Å². The van der Waals surface area contributed by atoms with E-state index in [1.54, 1.807) is 24.9 Å². The van der Waals surface area contributed by atoms with E-state index in [0.29, 0.717) is 23.0 Å². The molecule has 0 saturated heterocycles. The monoisotopic (exact) mass is 281 g/mol. The number of pyridine rings is 1. The van der Waals surface area contributed by atoms with E-state index in [-0.39, 0.29) is 18.4 Å². The number of anilines is 1. The van der Waals surface area contributed by atoms with E-state index >= 15 is 0 Å². The maximum atomic E-state index is 11.4. The van der Waals surface area contributed by atoms with Gasteiger partial charge >= 0.3 is 5.97 Å². The van der Waals surface area contributed by atoms with Gasteiger partial charge in [0.25, 0.3) is 0 Å². The summed E-state index contributed by atoms with van der Waals surface area (Å²) >= 11 is 6.07. The van der Waals surface area contributed by atoms with Gasteiger partial charge in [-0.25, -0.2) is 4.98 Å². The Kier molecular flexibility index (Phi) is 5.58. The second-order valence-electron chi connectivity index (χ2n) is 4.11. The molecule has 0 aliphatic heterocycles. The first-order chi connectivity index (χ1) is 8.99. The highest BCUT2D eigenvalue weighted by molar-refractivity contribution is 6.33. The molecule has 0 spiro atoms. The van der Waals surface area contributed by atoms with Gasteiger partial charge in [-0.1, -0.05) is 11.6 Å². The average Bonchev–Trinajstić information content (AvgIpc) is 2.37. The van der Waals surface area contributed by atoms with Crippen molar-refractivity contribution in [2.24, 2.45) is 0 Å². The van der Waals surface area contributed by atoms with Gasteiger partial charge in [0, 0.05) is 19.3 Å². The fourth-order valence-corrected chi connectivity index (χ4v) is 1.86. The molecule has 1 rings (SSSR count). The van der Waals surface area contributed by atoms with E-state index in [9.17, 15) is 4.79 Å². The molecule has 0 aliphatic carbocycles. The maximum absolute atomic E-state index is 11.4. The normalized spacial score (nSPS) is 11.5. The van der Waals surface area contributed by atoms with Crippen LogP contribution in [0.15, 0.2) is 12.3 Å². The molecule has 1 unspecified atom stereocenters. The molecule has 1 heterocycles. The van der Waals surface area contributed by atoms with E-state index in [1.807, 2.05) is 13.0 Å². The van der Waals surface area contributed by atoms with Crippen LogP contribution in [0.25, 0.3) is 0 Å². The Morgan fingerprint density at radius 1 is 1.68 bits per heavy atom. The Morgan fingerprint density at radius 3 is 2.89 bits per heavy atom. The number of esters is 1. The highest BCUT2D eigenvalue weighted by Gasteiger charge is 2.18. The molecule has 0 bridgehead atoms. The molecule has 0 aromatic carbocycles. The lowest BCUT2D eigenvalue weighted by molar-refractivity contribution is -0.143. The van der Waals surface area contributed by atoms with Gasteiger partial charge in [-0.2, -0.15) is 5.26 Å². The van der Waals surface area contributed by atoms with Gasteiger partial charge in [0.15, 0.2) is 0 Å². The van der Waals surface area contributed by atoms with E-state index < -0.39 is 0 Å². The molecule has 5 nitrogen and oxygen atoms in total. The lowest BCUT2D eigenvalue weighted by atomic mass is 10.2. The second-order valence-corrected chi connectivity index (χ2v) is 4.52. The summed E-state index contributed by atoms with van der Waals surface area (Å²) in [5.41, 5.74) is 0.403. The number of nitriles is 1. The molecule has 6 heteroatoms. The number of ether oxygens (including phenoxy) is 1. The van der Waals surface area contributed by atoms with Crippen molar-refractivity contribution in [1.29, 1.82) is 5.26 Å². The highest BCUT2D eigenvalue weighted by atomic mass is 35.5. The van der Waals surface area contributed by atoms with Crippen LogP contribution in [0.3, 0.4) is 0 Å². The molecule has 1 aromatic rings. The smallest absolute Gasteiger partial charge is 0.307 e. The number of hydrogen-bond donors (Lipinski definition) is 0. The summed E-state index contributed by atoms with van der Waals surface area (Å²) in [6, 6.07) is 3.43. The minimum atomic E-state index is -0.258. The van der Waals surface area contributed by atoms with Crippen LogP contribution in [0.4, 0.5) is 5.82 Å². The molecule has 0 fully saturated rings.